The Morgan fingerprint density at radius 3 is 1.95 bits per heavy atom. The SMILES string of the molecule is C=C(C)C(=O)OCCCCCCCCCCC(C)C(=O)O. The van der Waals surface area contributed by atoms with Gasteiger partial charge in [0.2, 0.25) is 0 Å². The van der Waals surface area contributed by atoms with Crippen LogP contribution in [-0.2, 0) is 14.3 Å². The van der Waals surface area contributed by atoms with E-state index >= 15 is 0 Å². The number of carbonyl (C=O) groups excluding carboxylic acids is 1. The average Bonchev–Trinajstić information content (AvgIpc) is 2.43. The number of carboxylic acid groups (broad SMARTS) is 1. The molecule has 0 amide bonds. The minimum Gasteiger partial charge on any atom is -0.481 e. The first-order valence-corrected chi connectivity index (χ1v) is 8.00. The monoisotopic (exact) mass is 298 g/mol. The second-order valence-corrected chi connectivity index (χ2v) is 5.77. The molecule has 0 aliphatic carbocycles. The number of aliphatic carboxylic acids is 1. The minimum atomic E-state index is -0.692. The summed E-state index contributed by atoms with van der Waals surface area (Å²) < 4.78 is 5.02. The lowest BCUT2D eigenvalue weighted by atomic mass is 10.0. The number of unbranched alkanes of at least 4 members (excludes halogenated alkanes) is 7. The van der Waals surface area contributed by atoms with Crippen molar-refractivity contribution in [3.8, 4) is 0 Å². The lowest BCUT2D eigenvalue weighted by molar-refractivity contribution is -0.141. The highest BCUT2D eigenvalue weighted by Gasteiger charge is 2.09. The molecule has 0 aromatic heterocycles. The molecule has 4 heteroatoms. The first-order chi connectivity index (χ1) is 9.95. The molecule has 0 rings (SSSR count). The highest BCUT2D eigenvalue weighted by atomic mass is 16.5. The first kappa shape index (κ1) is 19.7. The van der Waals surface area contributed by atoms with Crippen molar-refractivity contribution in [1.29, 1.82) is 0 Å². The summed E-state index contributed by atoms with van der Waals surface area (Å²) in [4.78, 5) is 21.7. The van der Waals surface area contributed by atoms with E-state index in [-0.39, 0.29) is 11.9 Å². The van der Waals surface area contributed by atoms with Crippen LogP contribution < -0.4 is 0 Å². The van der Waals surface area contributed by atoms with Gasteiger partial charge in [-0.25, -0.2) is 4.79 Å². The van der Waals surface area contributed by atoms with Gasteiger partial charge in [-0.3, -0.25) is 4.79 Å². The summed E-state index contributed by atoms with van der Waals surface area (Å²) in [6.45, 7) is 7.44. The molecule has 0 radical (unpaired) electrons. The van der Waals surface area contributed by atoms with E-state index in [4.69, 9.17) is 9.84 Å². The third-order valence-corrected chi connectivity index (χ3v) is 3.53. The molecule has 122 valence electrons. The maximum Gasteiger partial charge on any atom is 0.333 e. The predicted molar refractivity (Wildman–Crippen MR) is 84.1 cm³/mol. The molecule has 0 saturated carbocycles. The topological polar surface area (TPSA) is 63.6 Å². The molecule has 0 aliphatic rings. The van der Waals surface area contributed by atoms with Gasteiger partial charge >= 0.3 is 11.9 Å². The average molecular weight is 298 g/mol. The van der Waals surface area contributed by atoms with Gasteiger partial charge in [0.25, 0.3) is 0 Å². The molecule has 0 bridgehead atoms. The van der Waals surface area contributed by atoms with Crippen LogP contribution in [0.15, 0.2) is 12.2 Å². The Balaban J connectivity index is 3.21. The van der Waals surface area contributed by atoms with Crippen LogP contribution in [0.1, 0.15) is 71.6 Å². The maximum atomic E-state index is 11.1. The molecule has 0 aromatic rings. The summed E-state index contributed by atoms with van der Waals surface area (Å²) in [6.07, 6.45) is 9.64. The van der Waals surface area contributed by atoms with E-state index in [1.165, 1.54) is 19.3 Å². The lowest BCUT2D eigenvalue weighted by Gasteiger charge is -2.06. The fourth-order valence-electron chi connectivity index (χ4n) is 2.02. The van der Waals surface area contributed by atoms with Gasteiger partial charge in [-0.1, -0.05) is 58.4 Å². The van der Waals surface area contributed by atoms with Gasteiger partial charge in [-0.2, -0.15) is 0 Å². The predicted octanol–water partition coefficient (Wildman–Crippen LogP) is 4.34. The van der Waals surface area contributed by atoms with Gasteiger partial charge in [0.05, 0.1) is 12.5 Å². The van der Waals surface area contributed by atoms with E-state index in [0.717, 1.165) is 38.5 Å². The van der Waals surface area contributed by atoms with Crippen LogP contribution >= 0.6 is 0 Å². The van der Waals surface area contributed by atoms with Crippen LogP contribution in [0.3, 0.4) is 0 Å². The standard InChI is InChI=1S/C17H30O4/c1-14(2)17(20)21-13-11-9-7-5-4-6-8-10-12-15(3)16(18)19/h15H,1,4-13H2,2-3H3,(H,18,19). The Kier molecular flexibility index (Phi) is 11.6. The van der Waals surface area contributed by atoms with Crippen LogP contribution in [0.5, 0.6) is 0 Å². The smallest absolute Gasteiger partial charge is 0.333 e. The molecule has 1 unspecified atom stereocenters. The highest BCUT2D eigenvalue weighted by molar-refractivity contribution is 5.86. The highest BCUT2D eigenvalue weighted by Crippen LogP contribution is 2.13. The number of hydrogen-bond acceptors (Lipinski definition) is 3. The Morgan fingerprint density at radius 1 is 1.00 bits per heavy atom. The maximum absolute atomic E-state index is 11.1. The molecule has 1 atom stereocenters. The van der Waals surface area contributed by atoms with Crippen molar-refractivity contribution in [2.24, 2.45) is 5.92 Å². The lowest BCUT2D eigenvalue weighted by Crippen LogP contribution is -2.08. The molecule has 0 aromatic carbocycles. The second-order valence-electron chi connectivity index (χ2n) is 5.77. The van der Waals surface area contributed by atoms with E-state index < -0.39 is 5.97 Å². The van der Waals surface area contributed by atoms with Crippen LogP contribution in [-0.4, -0.2) is 23.7 Å². The molecule has 21 heavy (non-hydrogen) atoms. The quantitative estimate of drug-likeness (QED) is 0.312. The second kappa shape index (κ2) is 12.4. The van der Waals surface area contributed by atoms with Crippen LogP contribution in [0, 0.1) is 5.92 Å². The number of ether oxygens (including phenoxy) is 1. The van der Waals surface area contributed by atoms with Gasteiger partial charge in [0.15, 0.2) is 0 Å². The Bertz CT molecular complexity index is 323. The Labute approximate surface area is 128 Å². The molecule has 0 saturated heterocycles. The molecule has 0 spiro atoms. The number of hydrogen-bond donors (Lipinski definition) is 1. The summed E-state index contributed by atoms with van der Waals surface area (Å²) in [7, 11) is 0. The number of esters is 1. The zero-order valence-electron chi connectivity index (χ0n) is 13.5. The summed E-state index contributed by atoms with van der Waals surface area (Å²) in [6, 6.07) is 0. The normalized spacial score (nSPS) is 11.9. The molecule has 0 aliphatic heterocycles. The zero-order valence-corrected chi connectivity index (χ0v) is 13.5. The fourth-order valence-corrected chi connectivity index (χ4v) is 2.02. The number of carbonyl (C=O) groups is 2. The summed E-state index contributed by atoms with van der Waals surface area (Å²) >= 11 is 0. The van der Waals surface area contributed by atoms with Gasteiger partial charge < -0.3 is 9.84 Å². The van der Waals surface area contributed by atoms with E-state index in [1.807, 2.05) is 0 Å². The Morgan fingerprint density at radius 2 is 1.48 bits per heavy atom. The van der Waals surface area contributed by atoms with E-state index in [2.05, 4.69) is 6.58 Å². The molecular formula is C17H30O4. The van der Waals surface area contributed by atoms with Crippen molar-refractivity contribution < 1.29 is 19.4 Å². The van der Waals surface area contributed by atoms with E-state index in [0.29, 0.717) is 12.2 Å². The van der Waals surface area contributed by atoms with Crippen molar-refractivity contribution in [3.63, 3.8) is 0 Å². The van der Waals surface area contributed by atoms with Crippen LogP contribution in [0.25, 0.3) is 0 Å². The van der Waals surface area contributed by atoms with Crippen molar-refractivity contribution in [2.75, 3.05) is 6.61 Å². The zero-order chi connectivity index (χ0) is 16.1. The van der Waals surface area contributed by atoms with Crippen molar-refractivity contribution in [1.82, 2.24) is 0 Å². The van der Waals surface area contributed by atoms with Gasteiger partial charge in [-0.05, 0) is 19.8 Å². The van der Waals surface area contributed by atoms with Crippen molar-refractivity contribution >= 4 is 11.9 Å². The summed E-state index contributed by atoms with van der Waals surface area (Å²) in [5.41, 5.74) is 0.451. The summed E-state index contributed by atoms with van der Waals surface area (Å²) in [5, 5.41) is 8.75. The molecule has 1 N–H and O–H groups in total. The third kappa shape index (κ3) is 12.2. The molecule has 0 fully saturated rings. The fraction of sp³-hybridized carbons (Fsp3) is 0.765. The van der Waals surface area contributed by atoms with Gasteiger partial charge in [0, 0.05) is 5.57 Å². The molecular weight excluding hydrogens is 268 g/mol. The third-order valence-electron chi connectivity index (χ3n) is 3.53. The Hall–Kier alpha value is -1.32. The number of rotatable bonds is 13. The van der Waals surface area contributed by atoms with Crippen molar-refractivity contribution in [3.05, 3.63) is 12.2 Å². The van der Waals surface area contributed by atoms with Crippen LogP contribution in [0.2, 0.25) is 0 Å². The molecule has 4 nitrogen and oxygen atoms in total. The molecule has 0 heterocycles. The largest absolute Gasteiger partial charge is 0.481 e. The van der Waals surface area contributed by atoms with Gasteiger partial charge in [0.1, 0.15) is 0 Å². The summed E-state index contributed by atoms with van der Waals surface area (Å²) in [5.74, 6) is -1.21. The van der Waals surface area contributed by atoms with E-state index in [1.54, 1.807) is 13.8 Å². The van der Waals surface area contributed by atoms with Crippen LogP contribution in [0.4, 0.5) is 0 Å². The van der Waals surface area contributed by atoms with E-state index in [9.17, 15) is 9.59 Å². The van der Waals surface area contributed by atoms with Gasteiger partial charge in [-0.15, -0.1) is 0 Å². The first-order valence-electron chi connectivity index (χ1n) is 8.00. The number of carboxylic acids is 1. The van der Waals surface area contributed by atoms with Crippen molar-refractivity contribution in [2.45, 2.75) is 71.6 Å². The minimum absolute atomic E-state index is 0.216.